The largest absolute Gasteiger partial charge is 0.397 e. The minimum absolute atomic E-state index is 0.117. The second-order valence-electron chi connectivity index (χ2n) is 3.77. The topological polar surface area (TPSA) is 119 Å². The number of hydrogen-bond donors (Lipinski definition) is 4. The number of anilines is 2. The van der Waals surface area contributed by atoms with Crippen molar-refractivity contribution in [2.24, 2.45) is 5.73 Å². The summed E-state index contributed by atoms with van der Waals surface area (Å²) in [5.74, 6) is -0.993. The van der Waals surface area contributed by atoms with Crippen LogP contribution in [0, 0.1) is 0 Å². The van der Waals surface area contributed by atoms with Crippen molar-refractivity contribution in [2.75, 3.05) is 38.4 Å². The van der Waals surface area contributed by atoms with Gasteiger partial charge in [0.15, 0.2) is 0 Å². The molecule has 0 saturated heterocycles. The third-order valence-electron chi connectivity index (χ3n) is 2.44. The number of ether oxygens (including phenoxy) is 1. The van der Waals surface area contributed by atoms with E-state index in [1.54, 1.807) is 7.11 Å². The Labute approximate surface area is 115 Å². The van der Waals surface area contributed by atoms with Gasteiger partial charge in [0.05, 0.1) is 11.3 Å². The number of nitrogens with two attached hydrogens (primary N) is 2. The number of nitrogen functional groups attached to an aromatic ring is 1. The van der Waals surface area contributed by atoms with Gasteiger partial charge in [0.2, 0.25) is 0 Å². The molecule has 0 fully saturated rings. The molecule has 0 aromatic carbocycles. The van der Waals surface area contributed by atoms with Crippen molar-refractivity contribution in [3.05, 3.63) is 10.4 Å². The Bertz CT molecular complexity index is 473. The van der Waals surface area contributed by atoms with Crippen LogP contribution in [-0.4, -0.2) is 39.1 Å². The standard InChI is InChI=1S/C11H18N4O3S/c1-14-10(17)8-7(12)6(9(13)16)11(19-8)15-4-3-5-18-2/h15H,3-5,12H2,1-2H3,(H2,13,16)(H,14,17). The minimum atomic E-state index is -0.654. The fourth-order valence-electron chi connectivity index (χ4n) is 1.51. The van der Waals surface area contributed by atoms with Gasteiger partial charge in [-0.15, -0.1) is 11.3 Å². The van der Waals surface area contributed by atoms with Crippen LogP contribution >= 0.6 is 11.3 Å². The number of carbonyl (C=O) groups is 2. The zero-order valence-electron chi connectivity index (χ0n) is 10.9. The van der Waals surface area contributed by atoms with Crippen molar-refractivity contribution in [3.8, 4) is 0 Å². The first-order chi connectivity index (χ1) is 9.02. The molecule has 8 heteroatoms. The van der Waals surface area contributed by atoms with Gasteiger partial charge in [-0.05, 0) is 6.42 Å². The van der Waals surface area contributed by atoms with E-state index in [9.17, 15) is 9.59 Å². The average molecular weight is 286 g/mol. The first-order valence-electron chi connectivity index (χ1n) is 5.69. The van der Waals surface area contributed by atoms with Gasteiger partial charge < -0.3 is 26.8 Å². The van der Waals surface area contributed by atoms with Gasteiger partial charge in [-0.2, -0.15) is 0 Å². The lowest BCUT2D eigenvalue weighted by molar-refractivity contribution is 0.0967. The van der Waals surface area contributed by atoms with Crippen LogP contribution in [0.5, 0.6) is 0 Å². The molecule has 6 N–H and O–H groups in total. The first-order valence-corrected chi connectivity index (χ1v) is 6.51. The van der Waals surface area contributed by atoms with Crippen molar-refractivity contribution in [2.45, 2.75) is 6.42 Å². The summed E-state index contributed by atoms with van der Waals surface area (Å²) in [5.41, 5.74) is 11.4. The molecule has 1 aromatic heterocycles. The van der Waals surface area contributed by atoms with Crippen LogP contribution in [0.15, 0.2) is 0 Å². The zero-order valence-corrected chi connectivity index (χ0v) is 11.7. The van der Waals surface area contributed by atoms with E-state index in [4.69, 9.17) is 16.2 Å². The van der Waals surface area contributed by atoms with Gasteiger partial charge in [-0.25, -0.2) is 0 Å². The third kappa shape index (κ3) is 3.58. The van der Waals surface area contributed by atoms with Gasteiger partial charge in [0.25, 0.3) is 11.8 Å². The summed E-state index contributed by atoms with van der Waals surface area (Å²) in [7, 11) is 3.11. The van der Waals surface area contributed by atoms with Crippen LogP contribution < -0.4 is 22.1 Å². The second-order valence-corrected chi connectivity index (χ2v) is 4.79. The molecule has 0 spiro atoms. The van der Waals surface area contributed by atoms with E-state index in [2.05, 4.69) is 10.6 Å². The Morgan fingerprint density at radius 2 is 2.11 bits per heavy atom. The van der Waals surface area contributed by atoms with Crippen molar-refractivity contribution in [1.82, 2.24) is 5.32 Å². The summed E-state index contributed by atoms with van der Waals surface area (Å²) in [6, 6.07) is 0. The van der Waals surface area contributed by atoms with Gasteiger partial charge in [-0.1, -0.05) is 0 Å². The highest BCUT2D eigenvalue weighted by molar-refractivity contribution is 7.19. The number of methoxy groups -OCH3 is 1. The number of nitrogens with one attached hydrogen (secondary N) is 2. The predicted molar refractivity (Wildman–Crippen MR) is 75.6 cm³/mol. The second kappa shape index (κ2) is 6.95. The number of amides is 2. The van der Waals surface area contributed by atoms with Crippen LogP contribution in [0.25, 0.3) is 0 Å². The van der Waals surface area contributed by atoms with E-state index in [0.717, 1.165) is 17.8 Å². The molecular formula is C11H18N4O3S. The van der Waals surface area contributed by atoms with Crippen LogP contribution in [0.2, 0.25) is 0 Å². The van der Waals surface area contributed by atoms with E-state index < -0.39 is 5.91 Å². The SMILES string of the molecule is CNC(=O)c1sc(NCCCOC)c(C(N)=O)c1N. The number of primary amides is 1. The molecule has 106 valence electrons. The Hall–Kier alpha value is -1.80. The monoisotopic (exact) mass is 286 g/mol. The highest BCUT2D eigenvalue weighted by Gasteiger charge is 2.23. The van der Waals surface area contributed by atoms with Crippen LogP contribution in [-0.2, 0) is 4.74 Å². The smallest absolute Gasteiger partial charge is 0.263 e. The fraction of sp³-hybridized carbons (Fsp3) is 0.455. The molecule has 0 saturated carbocycles. The van der Waals surface area contributed by atoms with E-state index in [1.165, 1.54) is 7.05 Å². The Kier molecular flexibility index (Phi) is 5.58. The van der Waals surface area contributed by atoms with E-state index >= 15 is 0 Å². The molecule has 2 amide bonds. The molecular weight excluding hydrogens is 268 g/mol. The quantitative estimate of drug-likeness (QED) is 0.535. The maximum absolute atomic E-state index is 11.6. The van der Waals surface area contributed by atoms with Crippen molar-refractivity contribution < 1.29 is 14.3 Å². The van der Waals surface area contributed by atoms with Crippen LogP contribution in [0.1, 0.15) is 26.5 Å². The highest BCUT2D eigenvalue weighted by Crippen LogP contribution is 2.35. The zero-order chi connectivity index (χ0) is 14.4. The molecule has 0 atom stereocenters. The van der Waals surface area contributed by atoms with Crippen molar-refractivity contribution in [3.63, 3.8) is 0 Å². The highest BCUT2D eigenvalue weighted by atomic mass is 32.1. The lowest BCUT2D eigenvalue weighted by atomic mass is 10.2. The van der Waals surface area contributed by atoms with Crippen LogP contribution in [0.3, 0.4) is 0 Å². The summed E-state index contributed by atoms with van der Waals surface area (Å²) < 4.78 is 4.92. The minimum Gasteiger partial charge on any atom is -0.397 e. The summed E-state index contributed by atoms with van der Waals surface area (Å²) in [4.78, 5) is 23.3. The molecule has 19 heavy (non-hydrogen) atoms. The van der Waals surface area contributed by atoms with E-state index in [-0.39, 0.29) is 22.0 Å². The molecule has 0 unspecified atom stereocenters. The van der Waals surface area contributed by atoms with E-state index in [0.29, 0.717) is 18.2 Å². The molecule has 1 aromatic rings. The normalized spacial score (nSPS) is 10.2. The van der Waals surface area contributed by atoms with Gasteiger partial charge >= 0.3 is 0 Å². The molecule has 0 aliphatic rings. The third-order valence-corrected chi connectivity index (χ3v) is 3.60. The van der Waals surface area contributed by atoms with Crippen molar-refractivity contribution in [1.29, 1.82) is 0 Å². The van der Waals surface area contributed by atoms with Crippen LogP contribution in [0.4, 0.5) is 10.7 Å². The summed E-state index contributed by atoms with van der Waals surface area (Å²) in [5, 5.41) is 6.03. The molecule has 0 radical (unpaired) electrons. The summed E-state index contributed by atoms with van der Waals surface area (Å²) >= 11 is 1.12. The molecule has 1 rings (SSSR count). The number of thiophene rings is 1. The lowest BCUT2D eigenvalue weighted by Gasteiger charge is -2.05. The fourth-order valence-corrected chi connectivity index (χ4v) is 2.61. The number of rotatable bonds is 7. The molecule has 0 aliphatic heterocycles. The molecule has 0 bridgehead atoms. The Balaban J connectivity index is 2.95. The molecule has 1 heterocycles. The average Bonchev–Trinajstić information content (AvgIpc) is 2.71. The molecule has 0 aliphatic carbocycles. The summed E-state index contributed by atoms with van der Waals surface area (Å²) in [6.45, 7) is 1.20. The van der Waals surface area contributed by atoms with Gasteiger partial charge in [0.1, 0.15) is 9.88 Å². The Morgan fingerprint density at radius 3 is 2.63 bits per heavy atom. The van der Waals surface area contributed by atoms with Gasteiger partial charge in [0, 0.05) is 27.3 Å². The molecule has 7 nitrogen and oxygen atoms in total. The number of carbonyl (C=O) groups excluding carboxylic acids is 2. The Morgan fingerprint density at radius 1 is 1.42 bits per heavy atom. The van der Waals surface area contributed by atoms with Crippen molar-refractivity contribution >= 4 is 33.8 Å². The summed E-state index contributed by atoms with van der Waals surface area (Å²) in [6.07, 6.45) is 0.766. The van der Waals surface area contributed by atoms with Gasteiger partial charge in [-0.3, -0.25) is 9.59 Å². The maximum Gasteiger partial charge on any atom is 0.263 e. The lowest BCUT2D eigenvalue weighted by Crippen LogP contribution is -2.19. The maximum atomic E-state index is 11.6. The van der Waals surface area contributed by atoms with E-state index in [1.807, 2.05) is 0 Å². The first kappa shape index (κ1) is 15.3. The number of hydrogen-bond acceptors (Lipinski definition) is 6. The predicted octanol–water partition coefficient (Wildman–Crippen LogP) is 0.237.